The molecule has 34 heavy (non-hydrogen) atoms. The molecule has 0 radical (unpaired) electrons. The van der Waals surface area contributed by atoms with Crippen molar-refractivity contribution in [1.29, 1.82) is 5.26 Å². The van der Waals surface area contributed by atoms with Crippen LogP contribution in [0.15, 0.2) is 67.8 Å². The summed E-state index contributed by atoms with van der Waals surface area (Å²) in [6.45, 7) is 5.21. The number of pyridine rings is 1. The number of nitriles is 1. The number of amides is 1. The van der Waals surface area contributed by atoms with Gasteiger partial charge < -0.3 is 9.80 Å². The predicted molar refractivity (Wildman–Crippen MR) is 129 cm³/mol. The van der Waals surface area contributed by atoms with Crippen LogP contribution in [-0.2, 0) is 11.8 Å². The number of rotatable bonds is 4. The van der Waals surface area contributed by atoms with E-state index < -0.39 is 0 Å². The first-order chi connectivity index (χ1) is 16.6. The molecule has 0 unspecified atom stereocenters. The van der Waals surface area contributed by atoms with Crippen molar-refractivity contribution >= 4 is 17.1 Å². The molecule has 4 aromatic rings. The van der Waals surface area contributed by atoms with Gasteiger partial charge in [0.25, 0.3) is 0 Å². The number of nitrogens with zero attached hydrogens (tertiary/aromatic N) is 7. The van der Waals surface area contributed by atoms with Crippen LogP contribution >= 0.6 is 0 Å². The van der Waals surface area contributed by atoms with Crippen LogP contribution in [0.4, 0.5) is 5.69 Å². The van der Waals surface area contributed by atoms with E-state index in [2.05, 4.69) is 58.1 Å². The standard InChI is InChI=1S/C26H23N7O/c1-3-25(34)32-16-22-9-23(32)15-31(22)21-6-4-17(5-7-21)24-8-18(20-12-28-30(2)13-20)14-33-26(24)19(10-27)11-29-33/h3-8,11-14,22-23H,1,9,15-16H2,2H3/t22-,23-/m0/s1. The fourth-order valence-electron chi connectivity index (χ4n) is 5.35. The van der Waals surface area contributed by atoms with Crippen LogP contribution in [0.25, 0.3) is 27.8 Å². The Bertz CT molecular complexity index is 1470. The van der Waals surface area contributed by atoms with E-state index in [0.717, 1.165) is 53.0 Å². The summed E-state index contributed by atoms with van der Waals surface area (Å²) in [6, 6.07) is 13.4. The lowest BCUT2D eigenvalue weighted by molar-refractivity contribution is -0.127. The number of carbonyl (C=O) groups is 1. The van der Waals surface area contributed by atoms with E-state index in [4.69, 9.17) is 0 Å². The minimum atomic E-state index is 0.0223. The Labute approximate surface area is 196 Å². The fraction of sp³-hybridized carbons (Fsp3) is 0.231. The minimum Gasteiger partial charge on any atom is -0.365 e. The zero-order valence-electron chi connectivity index (χ0n) is 18.8. The van der Waals surface area contributed by atoms with Gasteiger partial charge in [-0.25, -0.2) is 4.52 Å². The third kappa shape index (κ3) is 3.09. The largest absolute Gasteiger partial charge is 0.365 e. The van der Waals surface area contributed by atoms with E-state index >= 15 is 0 Å². The molecular formula is C26H23N7O. The summed E-state index contributed by atoms with van der Waals surface area (Å²) < 4.78 is 3.54. The van der Waals surface area contributed by atoms with Crippen molar-refractivity contribution in [3.05, 3.63) is 73.3 Å². The van der Waals surface area contributed by atoms with Gasteiger partial charge in [-0.2, -0.15) is 15.5 Å². The summed E-state index contributed by atoms with van der Waals surface area (Å²) in [7, 11) is 1.89. The van der Waals surface area contributed by atoms with Gasteiger partial charge in [0.05, 0.1) is 29.5 Å². The van der Waals surface area contributed by atoms with Crippen LogP contribution in [0.1, 0.15) is 12.0 Å². The van der Waals surface area contributed by atoms with Crippen molar-refractivity contribution < 1.29 is 4.79 Å². The fourth-order valence-corrected chi connectivity index (χ4v) is 5.35. The summed E-state index contributed by atoms with van der Waals surface area (Å²) in [5.74, 6) is 0.0223. The second kappa shape index (κ2) is 7.59. The van der Waals surface area contributed by atoms with Gasteiger partial charge in [-0.15, -0.1) is 0 Å². The van der Waals surface area contributed by atoms with Crippen molar-refractivity contribution in [2.75, 3.05) is 18.0 Å². The Balaban J connectivity index is 1.36. The lowest BCUT2D eigenvalue weighted by atomic mass is 9.99. The van der Waals surface area contributed by atoms with Crippen molar-refractivity contribution in [3.8, 4) is 28.3 Å². The third-order valence-corrected chi connectivity index (χ3v) is 6.98. The molecule has 2 saturated heterocycles. The second-order valence-electron chi connectivity index (χ2n) is 8.95. The number of anilines is 1. The number of hydrogen-bond acceptors (Lipinski definition) is 5. The number of aryl methyl sites for hydroxylation is 1. The molecule has 0 aliphatic carbocycles. The SMILES string of the molecule is C=CC(=O)N1C[C@@H]2C[C@H]1CN2c1ccc(-c2cc(-c3cnn(C)c3)cn3ncc(C#N)c23)cc1. The molecule has 6 rings (SSSR count). The van der Waals surface area contributed by atoms with Crippen LogP contribution in [0.3, 0.4) is 0 Å². The van der Waals surface area contributed by atoms with Crippen molar-refractivity contribution in [2.24, 2.45) is 7.05 Å². The smallest absolute Gasteiger partial charge is 0.246 e. The molecule has 2 atom stereocenters. The van der Waals surface area contributed by atoms with Crippen molar-refractivity contribution in [3.63, 3.8) is 0 Å². The monoisotopic (exact) mass is 449 g/mol. The van der Waals surface area contributed by atoms with Crippen molar-refractivity contribution in [2.45, 2.75) is 18.5 Å². The maximum absolute atomic E-state index is 12.1. The lowest BCUT2D eigenvalue weighted by Crippen LogP contribution is -2.48. The first kappa shape index (κ1) is 20.2. The molecule has 0 N–H and O–H groups in total. The van der Waals surface area contributed by atoms with Crippen LogP contribution in [0.5, 0.6) is 0 Å². The highest BCUT2D eigenvalue weighted by Crippen LogP contribution is 2.37. The van der Waals surface area contributed by atoms with Gasteiger partial charge in [0, 0.05) is 61.0 Å². The zero-order valence-corrected chi connectivity index (χ0v) is 18.8. The summed E-state index contributed by atoms with van der Waals surface area (Å²) in [5.41, 5.74) is 6.42. The highest BCUT2D eigenvalue weighted by molar-refractivity contribution is 5.89. The molecule has 1 amide bonds. The number of piperazine rings is 1. The molecule has 2 fully saturated rings. The van der Waals surface area contributed by atoms with E-state index in [9.17, 15) is 10.1 Å². The number of carbonyl (C=O) groups excluding carboxylic acids is 1. The first-order valence-electron chi connectivity index (χ1n) is 11.3. The van der Waals surface area contributed by atoms with E-state index in [1.807, 2.05) is 30.5 Å². The maximum atomic E-state index is 12.1. The molecule has 2 aliphatic rings. The van der Waals surface area contributed by atoms with Gasteiger partial charge in [0.15, 0.2) is 0 Å². The van der Waals surface area contributed by atoms with E-state index in [0.29, 0.717) is 11.6 Å². The van der Waals surface area contributed by atoms with Gasteiger partial charge in [0.2, 0.25) is 5.91 Å². The van der Waals surface area contributed by atoms with Crippen LogP contribution in [0, 0.1) is 11.3 Å². The molecule has 2 bridgehead atoms. The van der Waals surface area contributed by atoms with Crippen LogP contribution in [0.2, 0.25) is 0 Å². The molecule has 5 heterocycles. The molecular weight excluding hydrogens is 426 g/mol. The molecule has 3 aromatic heterocycles. The Hall–Kier alpha value is -4.38. The average molecular weight is 450 g/mol. The quantitative estimate of drug-likeness (QED) is 0.447. The molecule has 0 saturated carbocycles. The van der Waals surface area contributed by atoms with E-state index in [-0.39, 0.29) is 11.9 Å². The van der Waals surface area contributed by atoms with E-state index in [1.165, 1.54) is 6.08 Å². The first-order valence-corrected chi connectivity index (χ1v) is 11.3. The molecule has 1 aromatic carbocycles. The Morgan fingerprint density at radius 1 is 1.09 bits per heavy atom. The molecule has 0 spiro atoms. The molecule has 8 nitrogen and oxygen atoms in total. The Kier molecular flexibility index (Phi) is 4.52. The summed E-state index contributed by atoms with van der Waals surface area (Å²) >= 11 is 0. The van der Waals surface area contributed by atoms with Gasteiger partial charge in [-0.05, 0) is 36.3 Å². The topological polar surface area (TPSA) is 82.5 Å². The highest BCUT2D eigenvalue weighted by Gasteiger charge is 2.44. The molecule has 168 valence electrons. The normalized spacial score (nSPS) is 19.1. The minimum absolute atomic E-state index is 0.0223. The van der Waals surface area contributed by atoms with Gasteiger partial charge >= 0.3 is 0 Å². The average Bonchev–Trinajstić information content (AvgIpc) is 3.66. The Morgan fingerprint density at radius 3 is 2.56 bits per heavy atom. The van der Waals surface area contributed by atoms with Gasteiger partial charge in [0.1, 0.15) is 6.07 Å². The van der Waals surface area contributed by atoms with Gasteiger partial charge in [-0.1, -0.05) is 18.7 Å². The number of hydrogen-bond donors (Lipinski definition) is 0. The highest BCUT2D eigenvalue weighted by atomic mass is 16.2. The second-order valence-corrected chi connectivity index (χ2v) is 8.95. The summed E-state index contributed by atoms with van der Waals surface area (Å²) in [4.78, 5) is 16.4. The molecule has 8 heteroatoms. The van der Waals surface area contributed by atoms with Crippen LogP contribution in [-0.4, -0.2) is 55.4 Å². The van der Waals surface area contributed by atoms with Crippen LogP contribution < -0.4 is 4.90 Å². The van der Waals surface area contributed by atoms with Gasteiger partial charge in [-0.3, -0.25) is 9.48 Å². The predicted octanol–water partition coefficient (Wildman–Crippen LogP) is 3.25. The Morgan fingerprint density at radius 2 is 1.91 bits per heavy atom. The third-order valence-electron chi connectivity index (χ3n) is 6.98. The maximum Gasteiger partial charge on any atom is 0.246 e. The molecule has 2 aliphatic heterocycles. The number of fused-ring (bicyclic) bond motifs is 3. The number of likely N-dealkylation sites (tertiary alicyclic amines) is 1. The number of aromatic nitrogens is 4. The number of benzene rings is 1. The van der Waals surface area contributed by atoms with Crippen molar-refractivity contribution in [1.82, 2.24) is 24.3 Å². The zero-order chi connectivity index (χ0) is 23.4. The summed E-state index contributed by atoms with van der Waals surface area (Å²) in [5, 5.41) is 18.4. The summed E-state index contributed by atoms with van der Waals surface area (Å²) in [6.07, 6.45) is 9.74. The van der Waals surface area contributed by atoms with E-state index in [1.54, 1.807) is 15.4 Å². The lowest BCUT2D eigenvalue weighted by Gasteiger charge is -2.35.